The number of aromatic nitrogens is 1. The molecule has 1 heterocycles. The number of sulfonamides is 1. The molecule has 0 aliphatic heterocycles. The zero-order chi connectivity index (χ0) is 15.8. The van der Waals surface area contributed by atoms with E-state index in [1.54, 1.807) is 26.2 Å². The molecule has 7 heteroatoms. The SMILES string of the molecule is COc1cc(C)c(S(=O)(=O)N(C)c2nc(C)cs2)cc1C. The van der Waals surface area contributed by atoms with Gasteiger partial charge in [-0.2, -0.15) is 0 Å². The number of aryl methyl sites for hydroxylation is 3. The van der Waals surface area contributed by atoms with Crippen LogP contribution in [-0.2, 0) is 10.0 Å². The summed E-state index contributed by atoms with van der Waals surface area (Å²) in [6.07, 6.45) is 0. The van der Waals surface area contributed by atoms with Crippen LogP contribution in [0.2, 0.25) is 0 Å². The molecule has 0 aliphatic carbocycles. The monoisotopic (exact) mass is 326 g/mol. The molecule has 0 radical (unpaired) electrons. The second kappa shape index (κ2) is 5.65. The highest BCUT2D eigenvalue weighted by Crippen LogP contribution is 2.30. The second-order valence-corrected chi connectivity index (χ2v) is 7.61. The number of methoxy groups -OCH3 is 1. The van der Waals surface area contributed by atoms with Crippen molar-refractivity contribution in [2.45, 2.75) is 25.7 Å². The Morgan fingerprint density at radius 3 is 2.38 bits per heavy atom. The van der Waals surface area contributed by atoms with Crippen molar-refractivity contribution in [3.63, 3.8) is 0 Å². The van der Waals surface area contributed by atoms with Gasteiger partial charge in [0, 0.05) is 12.4 Å². The van der Waals surface area contributed by atoms with Gasteiger partial charge in [0.2, 0.25) is 0 Å². The van der Waals surface area contributed by atoms with Crippen LogP contribution in [-0.4, -0.2) is 27.6 Å². The van der Waals surface area contributed by atoms with E-state index in [0.29, 0.717) is 16.4 Å². The lowest BCUT2D eigenvalue weighted by Crippen LogP contribution is -2.27. The normalized spacial score (nSPS) is 11.5. The van der Waals surface area contributed by atoms with Crippen molar-refractivity contribution in [1.82, 2.24) is 4.98 Å². The Bertz CT molecular complexity index is 767. The summed E-state index contributed by atoms with van der Waals surface area (Å²) in [5.74, 6) is 0.680. The van der Waals surface area contributed by atoms with Gasteiger partial charge < -0.3 is 4.74 Å². The van der Waals surface area contributed by atoms with E-state index in [1.165, 1.54) is 22.7 Å². The van der Waals surface area contributed by atoms with Crippen molar-refractivity contribution in [3.05, 3.63) is 34.3 Å². The Morgan fingerprint density at radius 1 is 1.19 bits per heavy atom. The largest absolute Gasteiger partial charge is 0.496 e. The molecule has 0 spiro atoms. The topological polar surface area (TPSA) is 59.5 Å². The van der Waals surface area contributed by atoms with E-state index < -0.39 is 10.0 Å². The van der Waals surface area contributed by atoms with Crippen LogP contribution in [0.15, 0.2) is 22.4 Å². The van der Waals surface area contributed by atoms with Gasteiger partial charge in [0.1, 0.15) is 5.75 Å². The highest BCUT2D eigenvalue weighted by atomic mass is 32.2. The van der Waals surface area contributed by atoms with Crippen molar-refractivity contribution < 1.29 is 13.2 Å². The average Bonchev–Trinajstić information content (AvgIpc) is 2.86. The highest BCUT2D eigenvalue weighted by Gasteiger charge is 2.26. The van der Waals surface area contributed by atoms with E-state index in [0.717, 1.165) is 11.3 Å². The fraction of sp³-hybridized carbons (Fsp3) is 0.357. The van der Waals surface area contributed by atoms with E-state index in [2.05, 4.69) is 4.98 Å². The van der Waals surface area contributed by atoms with E-state index in [4.69, 9.17) is 4.74 Å². The molecule has 5 nitrogen and oxygen atoms in total. The van der Waals surface area contributed by atoms with Gasteiger partial charge in [-0.05, 0) is 44.0 Å². The van der Waals surface area contributed by atoms with Gasteiger partial charge in [-0.3, -0.25) is 0 Å². The Hall–Kier alpha value is -1.60. The van der Waals surface area contributed by atoms with Crippen LogP contribution >= 0.6 is 11.3 Å². The minimum absolute atomic E-state index is 0.274. The first-order chi connectivity index (χ1) is 9.77. The standard InChI is InChI=1S/C14H18N2O3S2/c1-9-7-13(10(2)6-12(9)19-5)21(17,18)16(4)14-15-11(3)8-20-14/h6-8H,1-5H3. The summed E-state index contributed by atoms with van der Waals surface area (Å²) < 4.78 is 32.0. The summed E-state index contributed by atoms with van der Waals surface area (Å²) in [6, 6.07) is 3.38. The molecular weight excluding hydrogens is 308 g/mol. The average molecular weight is 326 g/mol. The maximum atomic E-state index is 12.8. The molecule has 0 atom stereocenters. The summed E-state index contributed by atoms with van der Waals surface area (Å²) in [5.41, 5.74) is 2.24. The van der Waals surface area contributed by atoms with Gasteiger partial charge in [0.25, 0.3) is 10.0 Å². The molecule has 114 valence electrons. The molecule has 0 saturated heterocycles. The van der Waals surface area contributed by atoms with Crippen molar-refractivity contribution in [3.8, 4) is 5.75 Å². The maximum Gasteiger partial charge on any atom is 0.266 e. The molecule has 21 heavy (non-hydrogen) atoms. The lowest BCUT2D eigenvalue weighted by atomic mass is 10.1. The number of hydrogen-bond donors (Lipinski definition) is 0. The molecular formula is C14H18N2O3S2. The summed E-state index contributed by atoms with van der Waals surface area (Å²) in [6.45, 7) is 5.42. The number of hydrogen-bond acceptors (Lipinski definition) is 5. The number of nitrogens with zero attached hydrogens (tertiary/aromatic N) is 2. The smallest absolute Gasteiger partial charge is 0.266 e. The van der Waals surface area contributed by atoms with Crippen molar-refractivity contribution in [2.75, 3.05) is 18.5 Å². The molecule has 0 unspecified atom stereocenters. The first kappa shape index (κ1) is 15.8. The van der Waals surface area contributed by atoms with Crippen LogP contribution < -0.4 is 9.04 Å². The number of benzene rings is 1. The Kier molecular flexibility index (Phi) is 4.25. The molecule has 2 rings (SSSR count). The van der Waals surface area contributed by atoms with Gasteiger partial charge in [0.15, 0.2) is 5.13 Å². The van der Waals surface area contributed by atoms with Gasteiger partial charge in [-0.1, -0.05) is 0 Å². The summed E-state index contributed by atoms with van der Waals surface area (Å²) in [4.78, 5) is 4.50. The molecule has 0 aliphatic rings. The van der Waals surface area contributed by atoms with Crippen molar-refractivity contribution in [1.29, 1.82) is 0 Å². The van der Waals surface area contributed by atoms with Crippen LogP contribution in [0.25, 0.3) is 0 Å². The minimum atomic E-state index is -3.63. The van der Waals surface area contributed by atoms with Crippen LogP contribution in [0.4, 0.5) is 5.13 Å². The zero-order valence-electron chi connectivity index (χ0n) is 12.7. The number of thiazole rings is 1. The highest BCUT2D eigenvalue weighted by molar-refractivity contribution is 7.93. The van der Waals surface area contributed by atoms with Gasteiger partial charge in [0.05, 0.1) is 17.7 Å². The summed E-state index contributed by atoms with van der Waals surface area (Å²) in [5, 5.41) is 2.29. The predicted octanol–water partition coefficient (Wildman–Crippen LogP) is 2.90. The first-order valence-electron chi connectivity index (χ1n) is 6.33. The molecule has 0 fully saturated rings. The van der Waals surface area contributed by atoms with E-state index >= 15 is 0 Å². The quantitative estimate of drug-likeness (QED) is 0.867. The van der Waals surface area contributed by atoms with Crippen LogP contribution in [0, 0.1) is 20.8 Å². The van der Waals surface area contributed by atoms with Crippen LogP contribution in [0.5, 0.6) is 5.75 Å². The molecule has 2 aromatic rings. The Labute approximate surface area is 129 Å². The maximum absolute atomic E-state index is 12.8. The Balaban J connectivity index is 2.51. The van der Waals surface area contributed by atoms with Gasteiger partial charge in [-0.15, -0.1) is 11.3 Å². The van der Waals surface area contributed by atoms with Crippen molar-refractivity contribution >= 4 is 26.5 Å². The third-order valence-corrected chi connectivity index (χ3v) is 6.25. The summed E-state index contributed by atoms with van der Waals surface area (Å²) >= 11 is 1.31. The van der Waals surface area contributed by atoms with E-state index in [1.807, 2.05) is 19.2 Å². The summed E-state index contributed by atoms with van der Waals surface area (Å²) in [7, 11) is -0.541. The molecule has 0 saturated carbocycles. The third-order valence-electron chi connectivity index (χ3n) is 3.21. The molecule has 0 amide bonds. The molecule has 0 N–H and O–H groups in total. The van der Waals surface area contributed by atoms with E-state index in [9.17, 15) is 8.42 Å². The molecule has 0 bridgehead atoms. The fourth-order valence-corrected chi connectivity index (χ4v) is 4.43. The molecule has 1 aromatic heterocycles. The number of anilines is 1. The second-order valence-electron chi connectivity index (χ2n) is 4.83. The first-order valence-corrected chi connectivity index (χ1v) is 8.65. The number of rotatable bonds is 4. The third kappa shape index (κ3) is 2.89. The number of ether oxygens (including phenoxy) is 1. The van der Waals surface area contributed by atoms with Gasteiger partial charge >= 0.3 is 0 Å². The fourth-order valence-electron chi connectivity index (χ4n) is 2.00. The zero-order valence-corrected chi connectivity index (χ0v) is 14.3. The lowest BCUT2D eigenvalue weighted by molar-refractivity contribution is 0.411. The Morgan fingerprint density at radius 2 is 1.86 bits per heavy atom. The minimum Gasteiger partial charge on any atom is -0.496 e. The van der Waals surface area contributed by atoms with Crippen molar-refractivity contribution in [2.24, 2.45) is 0 Å². The van der Waals surface area contributed by atoms with Gasteiger partial charge in [-0.25, -0.2) is 17.7 Å². The lowest BCUT2D eigenvalue weighted by Gasteiger charge is -2.19. The van der Waals surface area contributed by atoms with Crippen LogP contribution in [0.1, 0.15) is 16.8 Å². The van der Waals surface area contributed by atoms with E-state index in [-0.39, 0.29) is 4.90 Å². The molecule has 1 aromatic carbocycles. The van der Waals surface area contributed by atoms with Crippen LogP contribution in [0.3, 0.4) is 0 Å². The predicted molar refractivity (Wildman–Crippen MR) is 84.9 cm³/mol.